The van der Waals surface area contributed by atoms with Crippen molar-refractivity contribution in [1.29, 1.82) is 0 Å². The number of hydrogen-bond donors (Lipinski definition) is 0. The van der Waals surface area contributed by atoms with Gasteiger partial charge in [-0.1, -0.05) is 152 Å². The number of fused-ring (bicyclic) bond motifs is 11. The van der Waals surface area contributed by atoms with Crippen molar-refractivity contribution in [3.8, 4) is 56.5 Å². The molecule has 0 unspecified atom stereocenters. The lowest BCUT2D eigenvalue weighted by Gasteiger charge is -2.13. The summed E-state index contributed by atoms with van der Waals surface area (Å²) in [7, 11) is 0. The second-order valence-corrected chi connectivity index (χ2v) is 18.6. The summed E-state index contributed by atoms with van der Waals surface area (Å²) in [6.45, 7) is 0. The summed E-state index contributed by atoms with van der Waals surface area (Å²) >= 11 is 0. The molecule has 0 aliphatic heterocycles. The van der Waals surface area contributed by atoms with Crippen LogP contribution in [-0.4, -0.2) is 28.2 Å². The molecule has 72 heavy (non-hydrogen) atoms. The van der Waals surface area contributed by atoms with Crippen LogP contribution in [-0.2, 0) is 0 Å². The van der Waals surface area contributed by atoms with E-state index in [0.717, 1.165) is 99.7 Å². The second kappa shape index (κ2) is 15.9. The van der Waals surface area contributed by atoms with Gasteiger partial charge in [0, 0.05) is 72.7 Å². The maximum atomic E-state index is 5.58. The Bertz CT molecular complexity index is 4600. The van der Waals surface area contributed by atoms with E-state index in [1.807, 2.05) is 0 Å². The second-order valence-electron chi connectivity index (χ2n) is 18.6. The number of hydrogen-bond acceptors (Lipinski definition) is 2. The Hall–Kier alpha value is -9.78. The van der Waals surface area contributed by atoms with Crippen molar-refractivity contribution in [3.63, 3.8) is 0 Å². The molecule has 15 rings (SSSR count). The molecule has 10 aromatic carbocycles. The minimum absolute atomic E-state index is 0.628. The predicted octanol–water partition coefficient (Wildman–Crippen LogP) is 16.7. The molecule has 0 saturated heterocycles. The van der Waals surface area contributed by atoms with E-state index in [4.69, 9.17) is 9.97 Å². The number of rotatable bonds is 7. The Morgan fingerprint density at radius 3 is 1.57 bits per heavy atom. The fraction of sp³-hybridized carbons (Fsp3) is 0. The van der Waals surface area contributed by atoms with Gasteiger partial charge in [0.25, 0.3) is 0 Å². The van der Waals surface area contributed by atoms with Crippen LogP contribution in [0.5, 0.6) is 0 Å². The minimum atomic E-state index is 0.628. The number of nitrogens with zero attached hydrogens (tertiary/aromatic N) is 6. The Labute approximate surface area is 414 Å². The summed E-state index contributed by atoms with van der Waals surface area (Å²) in [6, 6.07) is 87.1. The number of para-hydroxylation sites is 4. The highest BCUT2D eigenvalue weighted by molar-refractivity contribution is 6.21. The molecule has 0 N–H and O–H groups in total. The Balaban J connectivity index is 0.968. The summed E-state index contributed by atoms with van der Waals surface area (Å²) < 4.78 is 9.34. The summed E-state index contributed by atoms with van der Waals surface area (Å²) in [5, 5.41) is 8.02. The lowest BCUT2D eigenvalue weighted by Crippen LogP contribution is -2.04. The molecule has 15 aromatic rings. The molecule has 0 aliphatic rings. The van der Waals surface area contributed by atoms with Crippen molar-refractivity contribution >= 4 is 76.3 Å². The average molecular weight is 919 g/mol. The van der Waals surface area contributed by atoms with Crippen molar-refractivity contribution in [1.82, 2.24) is 28.2 Å². The van der Waals surface area contributed by atoms with E-state index in [9.17, 15) is 0 Å². The third-order valence-corrected chi connectivity index (χ3v) is 14.6. The molecule has 0 radical (unpaired) electrons. The quantitative estimate of drug-likeness (QED) is 0.160. The van der Waals surface area contributed by atoms with Gasteiger partial charge in [0.2, 0.25) is 5.95 Å². The van der Waals surface area contributed by atoms with E-state index in [0.29, 0.717) is 5.95 Å². The fourth-order valence-corrected chi connectivity index (χ4v) is 11.3. The summed E-state index contributed by atoms with van der Waals surface area (Å²) in [5.74, 6) is 0.628. The average Bonchev–Trinajstić information content (AvgIpc) is 4.25. The van der Waals surface area contributed by atoms with E-state index < -0.39 is 0 Å². The molecule has 0 fully saturated rings. The summed E-state index contributed by atoms with van der Waals surface area (Å²) in [5.41, 5.74) is 17.5. The van der Waals surface area contributed by atoms with Gasteiger partial charge in [0.1, 0.15) is 0 Å². The van der Waals surface area contributed by atoms with Gasteiger partial charge < -0.3 is 13.7 Å². The molecule has 5 heterocycles. The molecule has 0 bridgehead atoms. The third kappa shape index (κ3) is 6.16. The molecule has 5 aromatic heterocycles. The van der Waals surface area contributed by atoms with Crippen LogP contribution in [0.2, 0.25) is 0 Å². The Morgan fingerprint density at radius 2 is 0.833 bits per heavy atom. The lowest BCUT2D eigenvalue weighted by atomic mass is 10.00. The highest BCUT2D eigenvalue weighted by Gasteiger charge is 2.23. The third-order valence-electron chi connectivity index (χ3n) is 14.6. The standard InChI is InChI=1S/C66H42N6/c1-5-16-43(17-6-1)45-18-15-19-48(40-45)62-54-26-13-14-27-58(54)67-66(68-62)72-61-34-30-47(41-56(61)52-32-35-59-55(64(52)72)37-39-69(59)49-20-7-2-8-21-49)46-29-33-60-57(42-46)53-31-28-44-36-38-70(50-22-9-3-10-23-50)63(44)65(53)71(60)51-24-11-4-12-25-51/h1-42H. The van der Waals surface area contributed by atoms with Crippen LogP contribution < -0.4 is 0 Å². The maximum absolute atomic E-state index is 5.58. The van der Waals surface area contributed by atoms with Crippen LogP contribution in [0.25, 0.3) is 133 Å². The highest BCUT2D eigenvalue weighted by atomic mass is 15.2. The van der Waals surface area contributed by atoms with Gasteiger partial charge in [-0.2, -0.15) is 0 Å². The topological polar surface area (TPSA) is 45.5 Å². The zero-order valence-corrected chi connectivity index (χ0v) is 38.9. The van der Waals surface area contributed by atoms with E-state index in [1.54, 1.807) is 0 Å². The van der Waals surface area contributed by atoms with Crippen molar-refractivity contribution in [2.45, 2.75) is 0 Å². The van der Waals surface area contributed by atoms with Gasteiger partial charge >= 0.3 is 0 Å². The van der Waals surface area contributed by atoms with Crippen LogP contribution in [0.4, 0.5) is 0 Å². The Kier molecular flexibility index (Phi) is 8.86. The fourth-order valence-electron chi connectivity index (χ4n) is 11.3. The van der Waals surface area contributed by atoms with E-state index in [2.05, 4.69) is 273 Å². The predicted molar refractivity (Wildman–Crippen MR) is 298 cm³/mol. The molecule has 0 spiro atoms. The van der Waals surface area contributed by atoms with Crippen molar-refractivity contribution in [2.24, 2.45) is 0 Å². The van der Waals surface area contributed by atoms with Crippen LogP contribution in [0.15, 0.2) is 255 Å². The van der Waals surface area contributed by atoms with Crippen molar-refractivity contribution in [2.75, 3.05) is 0 Å². The van der Waals surface area contributed by atoms with Crippen LogP contribution in [0.1, 0.15) is 0 Å². The summed E-state index contributed by atoms with van der Waals surface area (Å²) in [6.07, 6.45) is 4.38. The number of benzene rings is 10. The minimum Gasteiger partial charge on any atom is -0.316 e. The molecule has 0 amide bonds. The van der Waals surface area contributed by atoms with Crippen molar-refractivity contribution < 1.29 is 0 Å². The van der Waals surface area contributed by atoms with Crippen LogP contribution in [0.3, 0.4) is 0 Å². The van der Waals surface area contributed by atoms with Gasteiger partial charge in [-0.15, -0.1) is 0 Å². The largest absolute Gasteiger partial charge is 0.316 e. The molecule has 336 valence electrons. The molecule has 0 saturated carbocycles. The maximum Gasteiger partial charge on any atom is 0.235 e. The highest BCUT2D eigenvalue weighted by Crippen LogP contribution is 2.43. The van der Waals surface area contributed by atoms with Crippen LogP contribution >= 0.6 is 0 Å². The molecular formula is C66H42N6. The van der Waals surface area contributed by atoms with Gasteiger partial charge in [-0.05, 0) is 113 Å². The first-order chi connectivity index (χ1) is 35.7. The van der Waals surface area contributed by atoms with Gasteiger partial charge in [0.05, 0.1) is 44.3 Å². The smallest absolute Gasteiger partial charge is 0.235 e. The first-order valence-corrected chi connectivity index (χ1v) is 24.5. The normalized spacial score (nSPS) is 11.9. The monoisotopic (exact) mass is 918 g/mol. The zero-order chi connectivity index (χ0) is 47.3. The van der Waals surface area contributed by atoms with Gasteiger partial charge in [0.15, 0.2) is 0 Å². The van der Waals surface area contributed by atoms with Gasteiger partial charge in [-0.3, -0.25) is 4.57 Å². The van der Waals surface area contributed by atoms with E-state index in [1.165, 1.54) is 27.2 Å². The van der Waals surface area contributed by atoms with E-state index in [-0.39, 0.29) is 0 Å². The molecule has 0 aliphatic carbocycles. The SMILES string of the molecule is c1ccc(-c2cccc(-c3nc(-n4c5ccc(-c6ccc7c(c6)c6ccc8ccn(-c9ccccc9)c8c6n7-c6ccccc6)cc5c5ccc6c(ccn6-c6ccccc6)c54)nc4ccccc34)c2)cc1. The van der Waals surface area contributed by atoms with Crippen LogP contribution in [0, 0.1) is 0 Å². The lowest BCUT2D eigenvalue weighted by molar-refractivity contribution is 1.02. The molecule has 0 atom stereocenters. The zero-order valence-electron chi connectivity index (χ0n) is 38.9. The van der Waals surface area contributed by atoms with E-state index >= 15 is 0 Å². The van der Waals surface area contributed by atoms with Gasteiger partial charge in [-0.25, -0.2) is 9.97 Å². The Morgan fingerprint density at radius 1 is 0.278 bits per heavy atom. The first kappa shape index (κ1) is 40.1. The molecule has 6 nitrogen and oxygen atoms in total. The van der Waals surface area contributed by atoms with Crippen molar-refractivity contribution in [3.05, 3.63) is 255 Å². The number of aromatic nitrogens is 6. The molecule has 6 heteroatoms. The first-order valence-electron chi connectivity index (χ1n) is 24.5. The molecular weight excluding hydrogens is 877 g/mol. The summed E-state index contributed by atoms with van der Waals surface area (Å²) in [4.78, 5) is 11.0.